The van der Waals surface area contributed by atoms with Crippen LogP contribution < -0.4 is 11.1 Å². The molecule has 4 aliphatic carbocycles. The van der Waals surface area contributed by atoms with Gasteiger partial charge in [0, 0.05) is 5.69 Å². The van der Waals surface area contributed by atoms with E-state index in [1.165, 1.54) is 55.0 Å². The standard InChI is InChI=1S/C20H25N5O/c21-19-24-22-12-25(19)11-18(26)23-17-3-1-16(2-4-17)20-8-13-5-14(9-20)7-15(6-13)10-20/h1-4,12-15H,5-11H2,(H2,21,24)(H,23,26). The Labute approximate surface area is 153 Å². The summed E-state index contributed by atoms with van der Waals surface area (Å²) in [4.78, 5) is 12.2. The zero-order chi connectivity index (χ0) is 17.7. The number of nitrogen functional groups attached to an aromatic ring is 1. The Morgan fingerprint density at radius 3 is 2.27 bits per heavy atom. The van der Waals surface area contributed by atoms with Gasteiger partial charge in [0.25, 0.3) is 0 Å². The number of nitrogens with zero attached hydrogens (tertiary/aromatic N) is 3. The second-order valence-electron chi connectivity index (χ2n) is 8.64. The maximum atomic E-state index is 12.2. The number of aromatic nitrogens is 3. The first-order valence-corrected chi connectivity index (χ1v) is 9.63. The topological polar surface area (TPSA) is 85.8 Å². The van der Waals surface area contributed by atoms with Crippen LogP contribution in [-0.2, 0) is 16.8 Å². The van der Waals surface area contributed by atoms with Gasteiger partial charge in [0.2, 0.25) is 11.9 Å². The minimum absolute atomic E-state index is 0.121. The monoisotopic (exact) mass is 351 g/mol. The van der Waals surface area contributed by atoms with Crippen molar-refractivity contribution in [3.63, 3.8) is 0 Å². The second-order valence-corrected chi connectivity index (χ2v) is 8.64. The van der Waals surface area contributed by atoms with Crippen molar-refractivity contribution in [3.8, 4) is 0 Å². The molecular formula is C20H25N5O. The van der Waals surface area contributed by atoms with Crippen LogP contribution in [0.1, 0.15) is 44.1 Å². The van der Waals surface area contributed by atoms with Crippen LogP contribution in [0, 0.1) is 17.8 Å². The Kier molecular flexibility index (Phi) is 3.55. The number of hydrogen-bond donors (Lipinski definition) is 2. The Balaban J connectivity index is 1.29. The summed E-state index contributed by atoms with van der Waals surface area (Å²) < 4.78 is 1.53. The van der Waals surface area contributed by atoms with Gasteiger partial charge in [0.15, 0.2) is 0 Å². The number of rotatable bonds is 4. The number of nitrogens with one attached hydrogen (secondary N) is 1. The number of amides is 1. The van der Waals surface area contributed by atoms with Crippen molar-refractivity contribution in [1.82, 2.24) is 14.8 Å². The van der Waals surface area contributed by atoms with Crippen LogP contribution in [0.2, 0.25) is 0 Å². The highest BCUT2D eigenvalue weighted by molar-refractivity contribution is 5.90. The first-order valence-electron chi connectivity index (χ1n) is 9.63. The van der Waals surface area contributed by atoms with E-state index in [0.717, 1.165) is 23.4 Å². The average molecular weight is 351 g/mol. The molecule has 1 aromatic heterocycles. The summed E-state index contributed by atoms with van der Waals surface area (Å²) in [6, 6.07) is 8.55. The van der Waals surface area contributed by atoms with E-state index in [4.69, 9.17) is 5.73 Å². The molecule has 3 N–H and O–H groups in total. The normalized spacial score (nSPS) is 31.9. The van der Waals surface area contributed by atoms with Crippen LogP contribution >= 0.6 is 0 Å². The molecule has 6 rings (SSSR count). The molecule has 2 aromatic rings. The molecule has 0 aliphatic heterocycles. The zero-order valence-electron chi connectivity index (χ0n) is 14.9. The van der Waals surface area contributed by atoms with Crippen LogP contribution in [-0.4, -0.2) is 20.7 Å². The summed E-state index contributed by atoms with van der Waals surface area (Å²) in [6.45, 7) is 0.121. The molecule has 0 radical (unpaired) electrons. The average Bonchev–Trinajstić information content (AvgIpc) is 2.99. The lowest BCUT2D eigenvalue weighted by Gasteiger charge is -2.57. The molecule has 0 atom stereocenters. The van der Waals surface area contributed by atoms with Gasteiger partial charge in [0.05, 0.1) is 0 Å². The fourth-order valence-electron chi connectivity index (χ4n) is 6.11. The summed E-state index contributed by atoms with van der Waals surface area (Å²) in [5.41, 5.74) is 8.35. The van der Waals surface area contributed by atoms with Crippen molar-refractivity contribution < 1.29 is 4.79 Å². The van der Waals surface area contributed by atoms with Crippen molar-refractivity contribution in [3.05, 3.63) is 36.2 Å². The molecule has 6 nitrogen and oxygen atoms in total. The minimum atomic E-state index is -0.126. The molecule has 4 fully saturated rings. The van der Waals surface area contributed by atoms with Gasteiger partial charge in [-0.05, 0) is 79.4 Å². The van der Waals surface area contributed by atoms with E-state index in [2.05, 4.69) is 27.6 Å². The molecule has 1 amide bonds. The van der Waals surface area contributed by atoms with Crippen molar-refractivity contribution in [2.75, 3.05) is 11.1 Å². The maximum Gasteiger partial charge on any atom is 0.244 e. The molecule has 4 saturated carbocycles. The predicted octanol–water partition coefficient (Wildman–Crippen LogP) is 2.97. The number of benzene rings is 1. The molecule has 4 aliphatic rings. The van der Waals surface area contributed by atoms with Gasteiger partial charge in [0.1, 0.15) is 12.9 Å². The first-order chi connectivity index (χ1) is 12.6. The Hall–Kier alpha value is -2.37. The summed E-state index contributed by atoms with van der Waals surface area (Å²) >= 11 is 0. The van der Waals surface area contributed by atoms with E-state index in [-0.39, 0.29) is 18.4 Å². The number of hydrogen-bond acceptors (Lipinski definition) is 4. The summed E-state index contributed by atoms with van der Waals surface area (Å²) in [7, 11) is 0. The van der Waals surface area contributed by atoms with Gasteiger partial charge in [-0.3, -0.25) is 9.36 Å². The molecule has 0 saturated heterocycles. The molecule has 1 heterocycles. The fourth-order valence-corrected chi connectivity index (χ4v) is 6.11. The van der Waals surface area contributed by atoms with Gasteiger partial charge < -0.3 is 11.1 Å². The van der Waals surface area contributed by atoms with Gasteiger partial charge in [-0.15, -0.1) is 10.2 Å². The highest BCUT2D eigenvalue weighted by Gasteiger charge is 2.51. The lowest BCUT2D eigenvalue weighted by atomic mass is 9.48. The van der Waals surface area contributed by atoms with E-state index in [1.807, 2.05) is 12.1 Å². The van der Waals surface area contributed by atoms with Crippen LogP contribution in [0.3, 0.4) is 0 Å². The van der Waals surface area contributed by atoms with Crippen molar-refractivity contribution in [1.29, 1.82) is 0 Å². The van der Waals surface area contributed by atoms with E-state index in [1.54, 1.807) is 0 Å². The van der Waals surface area contributed by atoms with E-state index < -0.39 is 0 Å². The molecule has 6 heteroatoms. The van der Waals surface area contributed by atoms with E-state index in [9.17, 15) is 4.79 Å². The van der Waals surface area contributed by atoms with Crippen molar-refractivity contribution in [2.24, 2.45) is 17.8 Å². The molecule has 26 heavy (non-hydrogen) atoms. The Morgan fingerprint density at radius 2 is 1.73 bits per heavy atom. The lowest BCUT2D eigenvalue weighted by Crippen LogP contribution is -2.48. The summed E-state index contributed by atoms with van der Waals surface area (Å²) in [5.74, 6) is 2.94. The van der Waals surface area contributed by atoms with Crippen molar-refractivity contribution in [2.45, 2.75) is 50.5 Å². The smallest absolute Gasteiger partial charge is 0.244 e. The third-order valence-electron chi connectivity index (χ3n) is 6.78. The lowest BCUT2D eigenvalue weighted by molar-refractivity contribution is -0.116. The van der Waals surface area contributed by atoms with E-state index in [0.29, 0.717) is 5.41 Å². The first kappa shape index (κ1) is 15.9. The van der Waals surface area contributed by atoms with E-state index >= 15 is 0 Å². The third-order valence-corrected chi connectivity index (χ3v) is 6.78. The van der Waals surface area contributed by atoms with Crippen LogP contribution in [0.15, 0.2) is 30.6 Å². The minimum Gasteiger partial charge on any atom is -0.368 e. The summed E-state index contributed by atoms with van der Waals surface area (Å²) in [6.07, 6.45) is 9.91. The molecule has 4 bridgehead atoms. The third kappa shape index (κ3) is 2.68. The predicted molar refractivity (Wildman–Crippen MR) is 99.4 cm³/mol. The molecule has 136 valence electrons. The zero-order valence-corrected chi connectivity index (χ0v) is 14.9. The van der Waals surface area contributed by atoms with Gasteiger partial charge in [-0.1, -0.05) is 12.1 Å². The molecule has 1 aromatic carbocycles. The Bertz CT molecular complexity index is 790. The fraction of sp³-hybridized carbons (Fsp3) is 0.550. The molecule has 0 unspecified atom stereocenters. The summed E-state index contributed by atoms with van der Waals surface area (Å²) in [5, 5.41) is 10.3. The number of carbonyl (C=O) groups is 1. The number of nitrogens with two attached hydrogens (primary N) is 1. The largest absolute Gasteiger partial charge is 0.368 e. The van der Waals surface area contributed by atoms with Crippen LogP contribution in [0.4, 0.5) is 11.6 Å². The number of carbonyl (C=O) groups excluding carboxylic acids is 1. The van der Waals surface area contributed by atoms with Gasteiger partial charge in [-0.2, -0.15) is 0 Å². The number of anilines is 2. The Morgan fingerprint density at radius 1 is 1.12 bits per heavy atom. The highest BCUT2D eigenvalue weighted by Crippen LogP contribution is 2.60. The van der Waals surface area contributed by atoms with Gasteiger partial charge >= 0.3 is 0 Å². The maximum absolute atomic E-state index is 12.2. The molecular weight excluding hydrogens is 326 g/mol. The van der Waals surface area contributed by atoms with Crippen LogP contribution in [0.25, 0.3) is 0 Å². The quantitative estimate of drug-likeness (QED) is 0.887. The molecule has 0 spiro atoms. The van der Waals surface area contributed by atoms with Crippen LogP contribution in [0.5, 0.6) is 0 Å². The van der Waals surface area contributed by atoms with Gasteiger partial charge in [-0.25, -0.2) is 0 Å². The highest BCUT2D eigenvalue weighted by atomic mass is 16.1. The van der Waals surface area contributed by atoms with Crippen molar-refractivity contribution >= 4 is 17.5 Å². The SMILES string of the molecule is Nc1nncn1CC(=O)Nc1ccc(C23CC4CC(CC(C4)C2)C3)cc1. The second kappa shape index (κ2) is 5.83.